The zero-order valence-corrected chi connectivity index (χ0v) is 14.2. The summed E-state index contributed by atoms with van der Waals surface area (Å²) in [4.78, 5) is 8.26. The van der Waals surface area contributed by atoms with Crippen LogP contribution in [0.15, 0.2) is 6.20 Å². The summed E-state index contributed by atoms with van der Waals surface area (Å²) in [5.41, 5.74) is -1.11. The number of nitrogens with zero attached hydrogens (tertiary/aromatic N) is 4. The molecule has 2 atom stereocenters. The lowest BCUT2D eigenvalue weighted by Gasteiger charge is -2.20. The second kappa shape index (κ2) is 6.16. The van der Waals surface area contributed by atoms with Crippen molar-refractivity contribution in [1.82, 2.24) is 19.7 Å². The van der Waals surface area contributed by atoms with E-state index in [4.69, 9.17) is 21.1 Å². The van der Waals surface area contributed by atoms with Crippen molar-refractivity contribution < 1.29 is 22.6 Å². The summed E-state index contributed by atoms with van der Waals surface area (Å²) in [6.07, 6.45) is -3.30. The van der Waals surface area contributed by atoms with Crippen molar-refractivity contribution in [2.45, 2.75) is 12.2 Å². The Bertz CT molecular complexity index is 843. The third-order valence-corrected chi connectivity index (χ3v) is 4.49. The molecule has 2 aliphatic rings. The largest absolute Gasteiger partial charge is 0.487 e. The van der Waals surface area contributed by atoms with Crippen molar-refractivity contribution in [2.24, 2.45) is 13.0 Å². The average molecular weight is 391 g/mol. The van der Waals surface area contributed by atoms with Crippen LogP contribution in [0.1, 0.15) is 5.69 Å². The van der Waals surface area contributed by atoms with Gasteiger partial charge in [-0.25, -0.2) is 9.67 Å². The van der Waals surface area contributed by atoms with Gasteiger partial charge in [0.25, 0.3) is 0 Å². The lowest BCUT2D eigenvalue weighted by Crippen LogP contribution is -2.32. The van der Waals surface area contributed by atoms with Crippen LogP contribution in [-0.4, -0.2) is 45.6 Å². The van der Waals surface area contributed by atoms with E-state index >= 15 is 0 Å². The number of ether oxygens (including phenoxy) is 2. The Morgan fingerprint density at radius 3 is 2.88 bits per heavy atom. The second-order valence-electron chi connectivity index (χ2n) is 6.02. The molecule has 1 saturated heterocycles. The van der Waals surface area contributed by atoms with Gasteiger partial charge in [0.05, 0.1) is 32.1 Å². The van der Waals surface area contributed by atoms with Crippen molar-refractivity contribution in [3.63, 3.8) is 0 Å². The fourth-order valence-corrected chi connectivity index (χ4v) is 3.03. The van der Waals surface area contributed by atoms with Crippen LogP contribution in [0.4, 0.5) is 30.8 Å². The van der Waals surface area contributed by atoms with Gasteiger partial charge in [0, 0.05) is 13.0 Å². The normalized spacial score (nSPS) is 22.3. The Kier molecular flexibility index (Phi) is 4.07. The Hall–Kier alpha value is -2.27. The molecule has 0 aliphatic carbocycles. The number of aromatic nitrogens is 4. The molecule has 4 heterocycles. The van der Waals surface area contributed by atoms with Gasteiger partial charge in [0.15, 0.2) is 17.4 Å². The molecule has 4 rings (SSSR count). The van der Waals surface area contributed by atoms with Crippen molar-refractivity contribution >= 4 is 29.2 Å². The number of hydrogen-bond donors (Lipinski definition) is 2. The maximum atomic E-state index is 13.4. The van der Waals surface area contributed by atoms with Gasteiger partial charge in [-0.05, 0) is 0 Å². The maximum absolute atomic E-state index is 13.4. The van der Waals surface area contributed by atoms with E-state index < -0.39 is 17.6 Å². The Balaban J connectivity index is 1.83. The van der Waals surface area contributed by atoms with Crippen LogP contribution in [0.25, 0.3) is 0 Å². The summed E-state index contributed by atoms with van der Waals surface area (Å²) in [5.74, 6) is -0.144. The zero-order valence-electron chi connectivity index (χ0n) is 13.5. The molecule has 1 fully saturated rings. The maximum Gasteiger partial charge on any atom is 0.438 e. The van der Waals surface area contributed by atoms with Crippen LogP contribution in [0.3, 0.4) is 0 Å². The first kappa shape index (κ1) is 17.2. The number of alkyl halides is 3. The number of anilines is 3. The Morgan fingerprint density at radius 1 is 1.31 bits per heavy atom. The molecule has 8 nitrogen and oxygen atoms in total. The minimum absolute atomic E-state index is 0.00274. The molecule has 12 heteroatoms. The number of halogens is 4. The first-order valence-corrected chi connectivity index (χ1v) is 8.11. The topological polar surface area (TPSA) is 86.1 Å². The quantitative estimate of drug-likeness (QED) is 0.714. The van der Waals surface area contributed by atoms with Crippen molar-refractivity contribution in [2.75, 3.05) is 30.5 Å². The third-order valence-electron chi connectivity index (χ3n) is 4.21. The molecule has 2 aliphatic heterocycles. The summed E-state index contributed by atoms with van der Waals surface area (Å²) < 4.78 is 52.1. The molecular weight excluding hydrogens is 377 g/mol. The van der Waals surface area contributed by atoms with Gasteiger partial charge >= 0.3 is 6.18 Å². The van der Waals surface area contributed by atoms with E-state index in [2.05, 4.69) is 25.7 Å². The number of aryl methyl sites for hydroxylation is 1. The van der Waals surface area contributed by atoms with Crippen LogP contribution in [0, 0.1) is 5.92 Å². The van der Waals surface area contributed by atoms with Gasteiger partial charge in [-0.2, -0.15) is 23.3 Å². The highest BCUT2D eigenvalue weighted by atomic mass is 35.5. The van der Waals surface area contributed by atoms with Gasteiger partial charge in [-0.3, -0.25) is 0 Å². The molecule has 0 amide bonds. The van der Waals surface area contributed by atoms with E-state index in [0.29, 0.717) is 24.1 Å². The van der Waals surface area contributed by atoms with Gasteiger partial charge in [-0.1, -0.05) is 11.6 Å². The van der Waals surface area contributed by atoms with E-state index in [-0.39, 0.29) is 30.3 Å². The highest BCUT2D eigenvalue weighted by Crippen LogP contribution is 2.41. The lowest BCUT2D eigenvalue weighted by molar-refractivity contribution is -0.142. The molecule has 0 saturated carbocycles. The van der Waals surface area contributed by atoms with Gasteiger partial charge in [-0.15, -0.1) is 0 Å². The van der Waals surface area contributed by atoms with Gasteiger partial charge < -0.3 is 20.1 Å². The lowest BCUT2D eigenvalue weighted by atomic mass is 10.1. The minimum atomic E-state index is -4.66. The summed E-state index contributed by atoms with van der Waals surface area (Å²) >= 11 is 6.12. The summed E-state index contributed by atoms with van der Waals surface area (Å²) in [6, 6.07) is -0.206. The molecule has 26 heavy (non-hydrogen) atoms. The van der Waals surface area contributed by atoms with E-state index in [9.17, 15) is 13.2 Å². The molecular formula is C14H14ClF3N6O2. The SMILES string of the molecule is Cn1nc(C(F)(F)F)c2c1Nc1ncc(Cl)c(n1)N[C@@H]1COC[C@H]1CO2. The molecule has 2 aromatic rings. The third kappa shape index (κ3) is 3.01. The van der Waals surface area contributed by atoms with Crippen LogP contribution in [-0.2, 0) is 18.0 Å². The fourth-order valence-electron chi connectivity index (χ4n) is 2.89. The Morgan fingerprint density at radius 2 is 2.12 bits per heavy atom. The van der Waals surface area contributed by atoms with E-state index in [1.165, 1.54) is 13.2 Å². The van der Waals surface area contributed by atoms with Crippen LogP contribution < -0.4 is 15.4 Å². The predicted molar refractivity (Wildman–Crippen MR) is 85.7 cm³/mol. The van der Waals surface area contributed by atoms with Gasteiger partial charge in [0.1, 0.15) is 5.02 Å². The molecule has 2 bridgehead atoms. The molecule has 0 unspecified atom stereocenters. The molecule has 0 aromatic carbocycles. The second-order valence-corrected chi connectivity index (χ2v) is 6.43. The smallest absolute Gasteiger partial charge is 0.438 e. The number of rotatable bonds is 0. The van der Waals surface area contributed by atoms with Crippen LogP contribution >= 0.6 is 11.6 Å². The van der Waals surface area contributed by atoms with Crippen molar-refractivity contribution in [3.05, 3.63) is 16.9 Å². The summed E-state index contributed by atoms with van der Waals surface area (Å²) in [5, 5.41) is 9.73. The number of nitrogens with one attached hydrogen (secondary N) is 2. The Labute approximate surface area is 150 Å². The fraction of sp³-hybridized carbons (Fsp3) is 0.500. The number of hydrogen-bond acceptors (Lipinski definition) is 7. The highest BCUT2D eigenvalue weighted by molar-refractivity contribution is 6.32. The first-order valence-electron chi connectivity index (χ1n) is 7.73. The van der Waals surface area contributed by atoms with Crippen LogP contribution in [0.5, 0.6) is 5.75 Å². The summed E-state index contributed by atoms with van der Waals surface area (Å²) in [7, 11) is 1.38. The van der Waals surface area contributed by atoms with E-state index in [1.807, 2.05) is 0 Å². The highest BCUT2D eigenvalue weighted by Gasteiger charge is 2.41. The zero-order chi connectivity index (χ0) is 18.5. The molecule has 0 radical (unpaired) electrons. The monoisotopic (exact) mass is 390 g/mol. The van der Waals surface area contributed by atoms with Crippen molar-refractivity contribution in [3.8, 4) is 5.75 Å². The number of fused-ring (bicyclic) bond motifs is 4. The molecule has 0 spiro atoms. The standard InChI is InChI=1S/C14H14ClF3N6O2/c1-24-12-9(10(23-24)14(16,17)18)26-4-6-3-25-5-8(6)20-11-7(15)2-19-13(21-11)22-12/h2,6,8H,3-5H2,1H3,(H2,19,20,21,22)/t6-,8+/m0/s1. The molecule has 2 N–H and O–H groups in total. The first-order chi connectivity index (χ1) is 12.3. The predicted octanol–water partition coefficient (Wildman–Crippen LogP) is 2.45. The van der Waals surface area contributed by atoms with E-state index in [1.54, 1.807) is 0 Å². The van der Waals surface area contributed by atoms with Gasteiger partial charge in [0.2, 0.25) is 11.6 Å². The van der Waals surface area contributed by atoms with Crippen LogP contribution in [0.2, 0.25) is 5.02 Å². The molecule has 2 aromatic heterocycles. The minimum Gasteiger partial charge on any atom is -0.487 e. The molecule has 140 valence electrons. The van der Waals surface area contributed by atoms with Crippen molar-refractivity contribution in [1.29, 1.82) is 0 Å². The van der Waals surface area contributed by atoms with E-state index in [0.717, 1.165) is 4.68 Å². The average Bonchev–Trinajstić information content (AvgIpc) is 3.12. The summed E-state index contributed by atoms with van der Waals surface area (Å²) in [6.45, 7) is 0.725.